The van der Waals surface area contributed by atoms with Crippen molar-refractivity contribution in [2.45, 2.75) is 12.5 Å². The number of ether oxygens (including phenoxy) is 1. The topological polar surface area (TPSA) is 107 Å². The maximum Gasteiger partial charge on any atom is 0.405 e. The molecule has 0 saturated carbocycles. The van der Waals surface area contributed by atoms with Crippen LogP contribution < -0.4 is 16.8 Å². The lowest BCUT2D eigenvalue weighted by molar-refractivity contribution is -0.123. The minimum Gasteiger partial charge on any atom is -0.436 e. The van der Waals surface area contributed by atoms with E-state index in [1.54, 1.807) is 24.3 Å². The van der Waals surface area contributed by atoms with E-state index < -0.39 is 18.1 Å². The highest BCUT2D eigenvalue weighted by atomic mass is 16.6. The summed E-state index contributed by atoms with van der Waals surface area (Å²) in [5.74, 6) is -0.508. The van der Waals surface area contributed by atoms with E-state index in [1.807, 2.05) is 0 Å². The monoisotopic (exact) mass is 249 g/mol. The van der Waals surface area contributed by atoms with Crippen molar-refractivity contribution in [3.8, 4) is 0 Å². The van der Waals surface area contributed by atoms with Gasteiger partial charge in [-0.3, -0.25) is 4.79 Å². The minimum absolute atomic E-state index is 0.168. The second-order valence-corrected chi connectivity index (χ2v) is 3.53. The van der Waals surface area contributed by atoms with Crippen molar-refractivity contribution in [2.75, 3.05) is 11.1 Å². The summed E-state index contributed by atoms with van der Waals surface area (Å²) in [5, 5.41) is 2.56. The van der Waals surface area contributed by atoms with Crippen LogP contribution in [0.4, 0.5) is 16.2 Å². The number of para-hydroxylation sites is 2. The SMILES string of the molecule is C=CCC(OC(N)=O)C(=O)Nc1ccccc1N. The number of hydrogen-bond donors (Lipinski definition) is 3. The van der Waals surface area contributed by atoms with Gasteiger partial charge in [0.25, 0.3) is 5.91 Å². The maximum absolute atomic E-state index is 11.8. The number of primary amides is 1. The van der Waals surface area contributed by atoms with Gasteiger partial charge in [-0.1, -0.05) is 18.2 Å². The van der Waals surface area contributed by atoms with Crippen molar-refractivity contribution in [1.82, 2.24) is 0 Å². The molecule has 0 fully saturated rings. The van der Waals surface area contributed by atoms with Crippen LogP contribution in [0.2, 0.25) is 0 Å². The number of rotatable bonds is 5. The average Bonchev–Trinajstić information content (AvgIpc) is 2.31. The Bertz CT molecular complexity index is 460. The first kappa shape index (κ1) is 13.6. The predicted octanol–water partition coefficient (Wildman–Crippen LogP) is 1.25. The highest BCUT2D eigenvalue weighted by Crippen LogP contribution is 2.17. The number of nitrogens with two attached hydrogens (primary N) is 2. The maximum atomic E-state index is 11.8. The normalized spacial score (nSPS) is 11.3. The van der Waals surface area contributed by atoms with Crippen LogP contribution >= 0.6 is 0 Å². The molecule has 0 aliphatic rings. The van der Waals surface area contributed by atoms with Gasteiger partial charge >= 0.3 is 6.09 Å². The third-order valence-electron chi connectivity index (χ3n) is 2.15. The van der Waals surface area contributed by atoms with Gasteiger partial charge in [0, 0.05) is 6.42 Å². The third kappa shape index (κ3) is 3.82. The Morgan fingerprint density at radius 2 is 2.11 bits per heavy atom. The Labute approximate surface area is 105 Å². The van der Waals surface area contributed by atoms with Gasteiger partial charge in [0.2, 0.25) is 0 Å². The van der Waals surface area contributed by atoms with Crippen LogP contribution in [0.3, 0.4) is 0 Å². The molecule has 5 N–H and O–H groups in total. The minimum atomic E-state index is -1.02. The number of benzene rings is 1. The molecule has 18 heavy (non-hydrogen) atoms. The summed E-state index contributed by atoms with van der Waals surface area (Å²) < 4.78 is 4.68. The zero-order valence-electron chi connectivity index (χ0n) is 9.76. The molecule has 1 aromatic rings. The van der Waals surface area contributed by atoms with Gasteiger partial charge in [-0.05, 0) is 12.1 Å². The van der Waals surface area contributed by atoms with Gasteiger partial charge in [-0.15, -0.1) is 6.58 Å². The Hall–Kier alpha value is -2.50. The van der Waals surface area contributed by atoms with Gasteiger partial charge in [0.15, 0.2) is 6.10 Å². The molecule has 96 valence electrons. The molecule has 0 heterocycles. The van der Waals surface area contributed by atoms with Crippen LogP contribution in [0.25, 0.3) is 0 Å². The van der Waals surface area contributed by atoms with Crippen LogP contribution in [0.1, 0.15) is 6.42 Å². The fourth-order valence-electron chi connectivity index (χ4n) is 1.32. The second-order valence-electron chi connectivity index (χ2n) is 3.53. The standard InChI is InChI=1S/C12H15N3O3/c1-2-5-10(18-12(14)17)11(16)15-9-7-4-3-6-8(9)13/h2-4,6-7,10H,1,5,13H2,(H2,14,17)(H,15,16). The van der Waals surface area contributed by atoms with E-state index in [1.165, 1.54) is 6.08 Å². The van der Waals surface area contributed by atoms with Gasteiger partial charge in [0.05, 0.1) is 11.4 Å². The average molecular weight is 249 g/mol. The first-order valence-corrected chi connectivity index (χ1v) is 5.27. The molecule has 6 heteroatoms. The summed E-state index contributed by atoms with van der Waals surface area (Å²) in [6.45, 7) is 3.48. The Kier molecular flexibility index (Phi) is 4.74. The van der Waals surface area contributed by atoms with E-state index in [9.17, 15) is 9.59 Å². The summed E-state index contributed by atoms with van der Waals surface area (Å²) in [5.41, 5.74) is 11.4. The van der Waals surface area contributed by atoms with Crippen LogP contribution in [0, 0.1) is 0 Å². The molecule has 0 saturated heterocycles. The molecule has 1 aromatic carbocycles. The molecule has 0 aromatic heterocycles. The molecule has 0 radical (unpaired) electrons. The predicted molar refractivity (Wildman–Crippen MR) is 68.8 cm³/mol. The number of amides is 2. The van der Waals surface area contributed by atoms with E-state index in [2.05, 4.69) is 16.6 Å². The molecular weight excluding hydrogens is 234 g/mol. The fraction of sp³-hybridized carbons (Fsp3) is 0.167. The van der Waals surface area contributed by atoms with Crippen LogP contribution in [0.15, 0.2) is 36.9 Å². The summed E-state index contributed by atoms with van der Waals surface area (Å²) in [7, 11) is 0. The van der Waals surface area contributed by atoms with Gasteiger partial charge in [0.1, 0.15) is 0 Å². The van der Waals surface area contributed by atoms with Crippen LogP contribution in [0.5, 0.6) is 0 Å². The lowest BCUT2D eigenvalue weighted by atomic mass is 10.2. The smallest absolute Gasteiger partial charge is 0.405 e. The number of carbonyl (C=O) groups excluding carboxylic acids is 2. The fourth-order valence-corrected chi connectivity index (χ4v) is 1.32. The summed E-state index contributed by atoms with van der Waals surface area (Å²) in [4.78, 5) is 22.5. The highest BCUT2D eigenvalue weighted by Gasteiger charge is 2.21. The lowest BCUT2D eigenvalue weighted by Gasteiger charge is -2.15. The van der Waals surface area contributed by atoms with Crippen molar-refractivity contribution in [2.24, 2.45) is 5.73 Å². The van der Waals surface area contributed by atoms with Gasteiger partial charge in [-0.25, -0.2) is 4.79 Å². The van der Waals surface area contributed by atoms with Crippen molar-refractivity contribution in [3.63, 3.8) is 0 Å². The molecule has 1 rings (SSSR count). The van der Waals surface area contributed by atoms with E-state index in [0.29, 0.717) is 11.4 Å². The molecule has 6 nitrogen and oxygen atoms in total. The van der Waals surface area contributed by atoms with Gasteiger partial charge < -0.3 is 21.5 Å². The van der Waals surface area contributed by atoms with Crippen LogP contribution in [-0.4, -0.2) is 18.1 Å². The number of anilines is 2. The third-order valence-corrected chi connectivity index (χ3v) is 2.15. The first-order valence-electron chi connectivity index (χ1n) is 5.27. The summed E-state index contributed by atoms with van der Waals surface area (Å²) >= 11 is 0. The summed E-state index contributed by atoms with van der Waals surface area (Å²) in [6.07, 6.45) is -0.402. The highest BCUT2D eigenvalue weighted by molar-refractivity contribution is 5.97. The number of nitrogen functional groups attached to an aromatic ring is 1. The van der Waals surface area contributed by atoms with Crippen molar-refractivity contribution >= 4 is 23.4 Å². The molecule has 0 aliphatic heterocycles. The van der Waals surface area contributed by atoms with Crippen molar-refractivity contribution < 1.29 is 14.3 Å². The van der Waals surface area contributed by atoms with Gasteiger partial charge in [-0.2, -0.15) is 0 Å². The molecule has 2 amide bonds. The molecule has 1 unspecified atom stereocenters. The number of hydrogen-bond acceptors (Lipinski definition) is 4. The van der Waals surface area contributed by atoms with Crippen LogP contribution in [-0.2, 0) is 9.53 Å². The van der Waals surface area contributed by atoms with E-state index in [-0.39, 0.29) is 6.42 Å². The summed E-state index contributed by atoms with van der Waals surface area (Å²) in [6, 6.07) is 6.76. The Morgan fingerprint density at radius 3 is 2.67 bits per heavy atom. The quantitative estimate of drug-likeness (QED) is 0.539. The number of nitrogens with one attached hydrogen (secondary N) is 1. The van der Waals surface area contributed by atoms with E-state index >= 15 is 0 Å². The Morgan fingerprint density at radius 1 is 1.44 bits per heavy atom. The zero-order chi connectivity index (χ0) is 13.5. The molecule has 1 atom stereocenters. The van der Waals surface area contributed by atoms with E-state index in [4.69, 9.17) is 11.5 Å². The molecule has 0 bridgehead atoms. The van der Waals surface area contributed by atoms with E-state index in [0.717, 1.165) is 0 Å². The number of carbonyl (C=O) groups is 2. The largest absolute Gasteiger partial charge is 0.436 e. The molecule has 0 spiro atoms. The first-order chi connectivity index (χ1) is 8.54. The second kappa shape index (κ2) is 6.29. The van der Waals surface area contributed by atoms with Crippen molar-refractivity contribution in [1.29, 1.82) is 0 Å². The lowest BCUT2D eigenvalue weighted by Crippen LogP contribution is -2.34. The zero-order valence-corrected chi connectivity index (χ0v) is 9.76. The molecule has 0 aliphatic carbocycles. The molecular formula is C12H15N3O3. The van der Waals surface area contributed by atoms with Crippen molar-refractivity contribution in [3.05, 3.63) is 36.9 Å². The Balaban J connectivity index is 2.75.